The fourth-order valence-corrected chi connectivity index (χ4v) is 2.47. The van der Waals surface area contributed by atoms with Gasteiger partial charge >= 0.3 is 0 Å². The lowest BCUT2D eigenvalue weighted by Crippen LogP contribution is -2.31. The second kappa shape index (κ2) is 5.52. The van der Waals surface area contributed by atoms with Gasteiger partial charge in [0.15, 0.2) is 0 Å². The van der Waals surface area contributed by atoms with Crippen molar-refractivity contribution in [3.8, 4) is 11.8 Å². The van der Waals surface area contributed by atoms with Crippen molar-refractivity contribution in [3.05, 3.63) is 22.8 Å². The molecule has 1 rings (SSSR count). The summed E-state index contributed by atoms with van der Waals surface area (Å²) in [5.74, 6) is 0.911. The van der Waals surface area contributed by atoms with Crippen LogP contribution < -0.4 is 9.64 Å². The lowest BCUT2D eigenvalue weighted by Gasteiger charge is -2.30. The molecule has 0 saturated heterocycles. The summed E-state index contributed by atoms with van der Waals surface area (Å²) in [6.07, 6.45) is 0. The second-order valence-electron chi connectivity index (χ2n) is 5.87. The number of benzene rings is 1. The first-order valence-electron chi connectivity index (χ1n) is 6.50. The fraction of sp³-hybridized carbons (Fsp3) is 0.562. The third kappa shape index (κ3) is 3.20. The Morgan fingerprint density at radius 3 is 2.32 bits per heavy atom. The summed E-state index contributed by atoms with van der Waals surface area (Å²) in [5.41, 5.74) is 4.26. The summed E-state index contributed by atoms with van der Waals surface area (Å²) >= 11 is 0. The summed E-state index contributed by atoms with van der Waals surface area (Å²) in [5, 5.41) is 9.18. The second-order valence-corrected chi connectivity index (χ2v) is 5.87. The molecule has 0 unspecified atom stereocenters. The number of ether oxygens (including phenoxy) is 1. The van der Waals surface area contributed by atoms with E-state index in [2.05, 4.69) is 37.8 Å². The van der Waals surface area contributed by atoms with E-state index in [1.165, 1.54) is 11.1 Å². The van der Waals surface area contributed by atoms with Crippen molar-refractivity contribution in [1.82, 2.24) is 0 Å². The average Bonchev–Trinajstić information content (AvgIpc) is 2.32. The number of anilines is 1. The Kier molecular flexibility index (Phi) is 4.47. The van der Waals surface area contributed by atoms with Gasteiger partial charge in [0, 0.05) is 13.6 Å². The smallest absolute Gasteiger partial charge is 0.145 e. The van der Waals surface area contributed by atoms with Crippen LogP contribution in [0.5, 0.6) is 5.75 Å². The fourth-order valence-electron chi connectivity index (χ4n) is 2.47. The van der Waals surface area contributed by atoms with E-state index in [1.807, 2.05) is 20.9 Å². The van der Waals surface area contributed by atoms with Crippen LogP contribution in [0, 0.1) is 37.5 Å². The zero-order chi connectivity index (χ0) is 14.8. The zero-order valence-electron chi connectivity index (χ0n) is 13.1. The molecule has 0 bridgehead atoms. The summed E-state index contributed by atoms with van der Waals surface area (Å²) in [4.78, 5) is 2.11. The Hall–Kier alpha value is -1.69. The molecule has 1 aromatic carbocycles. The molecule has 0 saturated carbocycles. The molecule has 0 heterocycles. The SMILES string of the molecule is COc1c(C)c(C)cc(C)c1N(C)CC(C)(C)C#N. The molecule has 1 aromatic rings. The summed E-state index contributed by atoms with van der Waals surface area (Å²) in [7, 11) is 3.71. The Labute approximate surface area is 116 Å². The van der Waals surface area contributed by atoms with E-state index in [1.54, 1.807) is 7.11 Å². The van der Waals surface area contributed by atoms with Gasteiger partial charge in [0.25, 0.3) is 0 Å². The molecule has 3 heteroatoms. The lowest BCUT2D eigenvalue weighted by molar-refractivity contribution is 0.408. The van der Waals surface area contributed by atoms with Gasteiger partial charge in [0.2, 0.25) is 0 Å². The third-order valence-electron chi connectivity index (χ3n) is 3.47. The van der Waals surface area contributed by atoms with E-state index in [9.17, 15) is 5.26 Å². The van der Waals surface area contributed by atoms with Crippen LogP contribution in [0.2, 0.25) is 0 Å². The number of nitrogens with zero attached hydrogens (tertiary/aromatic N) is 2. The minimum atomic E-state index is -0.384. The molecule has 0 aliphatic rings. The maximum absolute atomic E-state index is 9.18. The van der Waals surface area contributed by atoms with Crippen LogP contribution in [-0.2, 0) is 0 Å². The Bertz CT molecular complexity index is 512. The van der Waals surface area contributed by atoms with Crippen LogP contribution >= 0.6 is 0 Å². The molecule has 0 atom stereocenters. The van der Waals surface area contributed by atoms with Gasteiger partial charge < -0.3 is 9.64 Å². The van der Waals surface area contributed by atoms with E-state index in [0.717, 1.165) is 17.0 Å². The summed E-state index contributed by atoms with van der Waals surface area (Å²) < 4.78 is 5.58. The van der Waals surface area contributed by atoms with E-state index < -0.39 is 0 Å². The van der Waals surface area contributed by atoms with Crippen LogP contribution in [0.3, 0.4) is 0 Å². The number of rotatable bonds is 4. The Balaban J connectivity index is 3.27. The maximum atomic E-state index is 9.18. The number of hydrogen-bond acceptors (Lipinski definition) is 3. The van der Waals surface area contributed by atoms with Gasteiger partial charge in [0.05, 0.1) is 24.3 Å². The van der Waals surface area contributed by atoms with E-state index >= 15 is 0 Å². The molecule has 104 valence electrons. The van der Waals surface area contributed by atoms with Crippen molar-refractivity contribution < 1.29 is 4.74 Å². The van der Waals surface area contributed by atoms with Crippen LogP contribution in [-0.4, -0.2) is 20.7 Å². The minimum absolute atomic E-state index is 0.384. The Morgan fingerprint density at radius 1 is 1.26 bits per heavy atom. The van der Waals surface area contributed by atoms with Gasteiger partial charge in [-0.3, -0.25) is 0 Å². The monoisotopic (exact) mass is 260 g/mol. The largest absolute Gasteiger partial charge is 0.494 e. The Morgan fingerprint density at radius 2 is 1.84 bits per heavy atom. The van der Waals surface area contributed by atoms with Crippen molar-refractivity contribution in [3.63, 3.8) is 0 Å². The van der Waals surface area contributed by atoms with E-state index in [-0.39, 0.29) is 5.41 Å². The van der Waals surface area contributed by atoms with Gasteiger partial charge in [-0.1, -0.05) is 6.07 Å². The van der Waals surface area contributed by atoms with Crippen molar-refractivity contribution in [2.45, 2.75) is 34.6 Å². The third-order valence-corrected chi connectivity index (χ3v) is 3.47. The van der Waals surface area contributed by atoms with Crippen LogP contribution in [0.25, 0.3) is 0 Å². The average molecular weight is 260 g/mol. The number of hydrogen-bond donors (Lipinski definition) is 0. The minimum Gasteiger partial charge on any atom is -0.494 e. The number of methoxy groups -OCH3 is 1. The van der Waals surface area contributed by atoms with Crippen LogP contribution in [0.15, 0.2) is 6.07 Å². The normalized spacial score (nSPS) is 11.1. The van der Waals surface area contributed by atoms with Crippen molar-refractivity contribution >= 4 is 5.69 Å². The molecule has 0 N–H and O–H groups in total. The maximum Gasteiger partial charge on any atom is 0.145 e. The molecule has 0 spiro atoms. The van der Waals surface area contributed by atoms with Gasteiger partial charge in [-0.05, 0) is 51.3 Å². The first kappa shape index (κ1) is 15.4. The molecule has 0 amide bonds. The van der Waals surface area contributed by atoms with Gasteiger partial charge in [0.1, 0.15) is 5.75 Å². The predicted octanol–water partition coefficient (Wildman–Crippen LogP) is 3.61. The molecule has 19 heavy (non-hydrogen) atoms. The first-order chi connectivity index (χ1) is 8.73. The van der Waals surface area contributed by atoms with E-state index in [0.29, 0.717) is 6.54 Å². The van der Waals surface area contributed by atoms with Crippen molar-refractivity contribution in [1.29, 1.82) is 5.26 Å². The van der Waals surface area contributed by atoms with Gasteiger partial charge in [-0.25, -0.2) is 0 Å². The molecular formula is C16H24N2O. The quantitative estimate of drug-likeness (QED) is 0.829. The van der Waals surface area contributed by atoms with Gasteiger partial charge in [-0.15, -0.1) is 0 Å². The van der Waals surface area contributed by atoms with Crippen molar-refractivity contribution in [2.75, 3.05) is 25.6 Å². The highest BCUT2D eigenvalue weighted by Gasteiger charge is 2.23. The summed E-state index contributed by atoms with van der Waals surface area (Å²) in [6.45, 7) is 10.8. The highest BCUT2D eigenvalue weighted by atomic mass is 16.5. The number of aryl methyl sites for hydroxylation is 2. The molecule has 0 aromatic heterocycles. The van der Waals surface area contributed by atoms with Crippen LogP contribution in [0.4, 0.5) is 5.69 Å². The predicted molar refractivity (Wildman–Crippen MR) is 79.9 cm³/mol. The lowest BCUT2D eigenvalue weighted by atomic mass is 9.94. The molecule has 3 nitrogen and oxygen atoms in total. The van der Waals surface area contributed by atoms with Crippen LogP contribution in [0.1, 0.15) is 30.5 Å². The highest BCUT2D eigenvalue weighted by molar-refractivity contribution is 5.68. The standard InChI is InChI=1S/C16H24N2O/c1-11-8-12(2)14(15(19-7)13(11)3)18(6)10-16(4,5)9-17/h8H,10H2,1-7H3. The topological polar surface area (TPSA) is 36.3 Å². The summed E-state index contributed by atoms with van der Waals surface area (Å²) in [6, 6.07) is 4.51. The molecule has 0 radical (unpaired) electrons. The molecule has 0 aliphatic heterocycles. The van der Waals surface area contributed by atoms with Crippen molar-refractivity contribution in [2.24, 2.45) is 5.41 Å². The van der Waals surface area contributed by atoms with E-state index in [4.69, 9.17) is 4.74 Å². The molecular weight excluding hydrogens is 236 g/mol. The highest BCUT2D eigenvalue weighted by Crippen LogP contribution is 2.37. The zero-order valence-corrected chi connectivity index (χ0v) is 13.1. The molecule has 0 aliphatic carbocycles. The first-order valence-corrected chi connectivity index (χ1v) is 6.50. The number of nitriles is 1. The molecule has 0 fully saturated rings. The van der Waals surface area contributed by atoms with Gasteiger partial charge in [-0.2, -0.15) is 5.26 Å².